The first-order valence-corrected chi connectivity index (χ1v) is 10.1. The van der Waals surface area contributed by atoms with Crippen LogP contribution in [0.5, 0.6) is 0 Å². The Kier molecular flexibility index (Phi) is 5.09. The highest BCUT2D eigenvalue weighted by Crippen LogP contribution is 2.29. The number of halogens is 4. The van der Waals surface area contributed by atoms with Gasteiger partial charge in [0, 0.05) is 35.5 Å². The molecular formula is C25H17F4N3. The molecule has 5 rings (SSSR count). The van der Waals surface area contributed by atoms with Crippen LogP contribution in [0, 0.1) is 23.3 Å². The Morgan fingerprint density at radius 3 is 2.34 bits per heavy atom. The Hall–Kier alpha value is -3.74. The standard InChI is InChI=1S/C25H17F4N3/c26-17-10-16(11-18(27)12-17)22-13-31-23-8-7-15(14-32(22)23)19-4-1-2-9-30-25(19)24-20(28)5-3-6-21(24)29/h3-8,10-14H,1-2,9H2. The summed E-state index contributed by atoms with van der Waals surface area (Å²) in [4.78, 5) is 8.80. The van der Waals surface area contributed by atoms with Gasteiger partial charge in [-0.2, -0.15) is 0 Å². The molecule has 32 heavy (non-hydrogen) atoms. The number of aliphatic imine (C=N–C) groups is 1. The van der Waals surface area contributed by atoms with Crippen molar-refractivity contribution in [3.63, 3.8) is 0 Å². The Morgan fingerprint density at radius 2 is 1.59 bits per heavy atom. The van der Waals surface area contributed by atoms with E-state index in [4.69, 9.17) is 0 Å². The fourth-order valence-electron chi connectivity index (χ4n) is 3.96. The van der Waals surface area contributed by atoms with E-state index in [0.29, 0.717) is 41.0 Å². The number of benzene rings is 2. The van der Waals surface area contributed by atoms with Crippen molar-refractivity contribution in [2.24, 2.45) is 4.99 Å². The third kappa shape index (κ3) is 3.60. The van der Waals surface area contributed by atoms with Crippen LogP contribution in [-0.2, 0) is 0 Å². The summed E-state index contributed by atoms with van der Waals surface area (Å²) in [7, 11) is 0. The number of nitrogens with zero attached hydrogens (tertiary/aromatic N) is 3. The van der Waals surface area contributed by atoms with Gasteiger partial charge in [-0.15, -0.1) is 0 Å². The zero-order valence-electron chi connectivity index (χ0n) is 16.8. The maximum Gasteiger partial charge on any atom is 0.137 e. The lowest BCUT2D eigenvalue weighted by atomic mass is 9.95. The van der Waals surface area contributed by atoms with Gasteiger partial charge >= 0.3 is 0 Å². The van der Waals surface area contributed by atoms with Crippen LogP contribution in [0.25, 0.3) is 22.5 Å². The summed E-state index contributed by atoms with van der Waals surface area (Å²) in [6.45, 7) is 0.449. The van der Waals surface area contributed by atoms with E-state index in [-0.39, 0.29) is 11.3 Å². The molecular weight excluding hydrogens is 418 g/mol. The maximum atomic E-state index is 14.6. The SMILES string of the molecule is Fc1cc(F)cc(-c2cnc3ccc(C4=CCCCN=C4c4c(F)cccc4F)cn23)c1. The topological polar surface area (TPSA) is 29.7 Å². The number of hydrogen-bond donors (Lipinski definition) is 0. The molecule has 1 aliphatic heterocycles. The molecule has 0 aliphatic carbocycles. The highest BCUT2D eigenvalue weighted by Gasteiger charge is 2.22. The molecule has 0 spiro atoms. The monoisotopic (exact) mass is 435 g/mol. The molecule has 2 aromatic heterocycles. The summed E-state index contributed by atoms with van der Waals surface area (Å²) in [5.74, 6) is -2.75. The van der Waals surface area contributed by atoms with Gasteiger partial charge in [0.05, 0.1) is 23.2 Å². The summed E-state index contributed by atoms with van der Waals surface area (Å²) in [5, 5.41) is 0. The Bertz CT molecular complexity index is 1360. The molecule has 0 saturated carbocycles. The van der Waals surface area contributed by atoms with E-state index in [9.17, 15) is 17.6 Å². The van der Waals surface area contributed by atoms with Crippen molar-refractivity contribution in [1.29, 1.82) is 0 Å². The second-order valence-corrected chi connectivity index (χ2v) is 7.53. The van der Waals surface area contributed by atoms with Gasteiger partial charge in [0.25, 0.3) is 0 Å². The number of pyridine rings is 1. The second kappa shape index (κ2) is 8.07. The van der Waals surface area contributed by atoms with Crippen LogP contribution < -0.4 is 0 Å². The lowest BCUT2D eigenvalue weighted by Crippen LogP contribution is -2.10. The third-order valence-corrected chi connectivity index (χ3v) is 5.41. The van der Waals surface area contributed by atoms with Gasteiger partial charge in [0.1, 0.15) is 28.9 Å². The number of rotatable bonds is 3. The van der Waals surface area contributed by atoms with Crippen molar-refractivity contribution in [3.05, 3.63) is 101 Å². The Morgan fingerprint density at radius 1 is 0.844 bits per heavy atom. The summed E-state index contributed by atoms with van der Waals surface area (Å²) in [6, 6.07) is 10.5. The second-order valence-electron chi connectivity index (χ2n) is 7.53. The molecule has 0 saturated heterocycles. The number of fused-ring (bicyclic) bond motifs is 1. The summed E-state index contributed by atoms with van der Waals surface area (Å²) < 4.78 is 58.4. The number of allylic oxidation sites excluding steroid dienone is 2. The van der Waals surface area contributed by atoms with E-state index in [1.165, 1.54) is 36.5 Å². The number of imidazole rings is 1. The van der Waals surface area contributed by atoms with Gasteiger partial charge in [0.15, 0.2) is 0 Å². The molecule has 4 aromatic rings. The van der Waals surface area contributed by atoms with Crippen LogP contribution >= 0.6 is 0 Å². The summed E-state index contributed by atoms with van der Waals surface area (Å²) >= 11 is 0. The van der Waals surface area contributed by atoms with Crippen molar-refractivity contribution in [3.8, 4) is 11.3 Å². The van der Waals surface area contributed by atoms with E-state index < -0.39 is 23.3 Å². The van der Waals surface area contributed by atoms with Crippen LogP contribution in [-0.4, -0.2) is 21.6 Å². The fourth-order valence-corrected chi connectivity index (χ4v) is 3.96. The van der Waals surface area contributed by atoms with Crippen molar-refractivity contribution < 1.29 is 17.6 Å². The van der Waals surface area contributed by atoms with Gasteiger partial charge in [0.2, 0.25) is 0 Å². The normalized spacial score (nSPS) is 14.2. The van der Waals surface area contributed by atoms with Gasteiger partial charge in [-0.25, -0.2) is 22.5 Å². The number of hydrogen-bond acceptors (Lipinski definition) is 2. The fraction of sp³-hybridized carbons (Fsp3) is 0.120. The quantitative estimate of drug-likeness (QED) is 0.351. The first kappa shape index (κ1) is 20.2. The first-order chi connectivity index (χ1) is 15.5. The number of aromatic nitrogens is 2. The molecule has 0 fully saturated rings. The Labute approximate surface area is 181 Å². The van der Waals surface area contributed by atoms with Gasteiger partial charge in [-0.1, -0.05) is 12.1 Å². The van der Waals surface area contributed by atoms with Crippen LogP contribution in [0.4, 0.5) is 17.6 Å². The van der Waals surface area contributed by atoms with Crippen molar-refractivity contribution in [1.82, 2.24) is 9.38 Å². The third-order valence-electron chi connectivity index (χ3n) is 5.41. The molecule has 0 N–H and O–H groups in total. The predicted molar refractivity (Wildman–Crippen MR) is 116 cm³/mol. The highest BCUT2D eigenvalue weighted by atomic mass is 19.1. The van der Waals surface area contributed by atoms with Crippen molar-refractivity contribution in [2.45, 2.75) is 12.8 Å². The average molecular weight is 435 g/mol. The zero-order valence-corrected chi connectivity index (χ0v) is 16.8. The molecule has 0 amide bonds. The van der Waals surface area contributed by atoms with E-state index in [2.05, 4.69) is 9.98 Å². The predicted octanol–water partition coefficient (Wildman–Crippen LogP) is 6.22. The highest BCUT2D eigenvalue weighted by molar-refractivity contribution is 6.32. The molecule has 3 nitrogen and oxygen atoms in total. The van der Waals surface area contributed by atoms with Gasteiger partial charge in [-0.3, -0.25) is 9.39 Å². The van der Waals surface area contributed by atoms with E-state index in [0.717, 1.165) is 12.5 Å². The van der Waals surface area contributed by atoms with Crippen molar-refractivity contribution >= 4 is 16.9 Å². The Balaban J connectivity index is 1.67. The minimum absolute atomic E-state index is 0.168. The van der Waals surface area contributed by atoms with Crippen LogP contribution in [0.2, 0.25) is 0 Å². The largest absolute Gasteiger partial charge is 0.299 e. The molecule has 0 radical (unpaired) electrons. The molecule has 160 valence electrons. The van der Waals surface area contributed by atoms with E-state index in [1.54, 1.807) is 22.7 Å². The lowest BCUT2D eigenvalue weighted by Gasteiger charge is -2.14. The molecule has 1 aliphatic rings. The molecule has 2 aromatic carbocycles. The average Bonchev–Trinajstić information content (AvgIpc) is 3.03. The van der Waals surface area contributed by atoms with E-state index in [1.807, 2.05) is 6.08 Å². The molecule has 0 bridgehead atoms. The first-order valence-electron chi connectivity index (χ1n) is 10.1. The summed E-state index contributed by atoms with van der Waals surface area (Å²) in [5.41, 5.74) is 2.73. The van der Waals surface area contributed by atoms with Gasteiger partial charge in [-0.05, 0) is 49.2 Å². The smallest absolute Gasteiger partial charge is 0.137 e. The minimum atomic E-state index is -0.693. The summed E-state index contributed by atoms with van der Waals surface area (Å²) in [6.07, 6.45) is 6.64. The molecule has 7 heteroatoms. The van der Waals surface area contributed by atoms with Crippen LogP contribution in [0.1, 0.15) is 24.0 Å². The molecule has 0 unspecified atom stereocenters. The van der Waals surface area contributed by atoms with E-state index >= 15 is 0 Å². The van der Waals surface area contributed by atoms with Gasteiger partial charge < -0.3 is 0 Å². The van der Waals surface area contributed by atoms with Crippen LogP contribution in [0.3, 0.4) is 0 Å². The minimum Gasteiger partial charge on any atom is -0.299 e. The lowest BCUT2D eigenvalue weighted by molar-refractivity contribution is 0.579. The molecule has 3 heterocycles. The maximum absolute atomic E-state index is 14.6. The zero-order chi connectivity index (χ0) is 22.2. The van der Waals surface area contributed by atoms with Crippen LogP contribution in [0.15, 0.2) is 72.0 Å². The van der Waals surface area contributed by atoms with Crippen molar-refractivity contribution in [2.75, 3.05) is 6.54 Å². The molecule has 0 atom stereocenters.